The number of aromatic nitrogens is 2. The average molecular weight is 344 g/mol. The van der Waals surface area contributed by atoms with Crippen molar-refractivity contribution < 1.29 is 9.18 Å². The van der Waals surface area contributed by atoms with Gasteiger partial charge in [-0.05, 0) is 31.0 Å². The predicted octanol–water partition coefficient (Wildman–Crippen LogP) is 2.86. The second-order valence-corrected chi connectivity index (χ2v) is 6.22. The molecule has 1 aromatic carbocycles. The SMILES string of the molecule is O=C(NCCn1cnc(C2CCCC2)cc1=O)Nc1cccc(F)c1. The highest BCUT2D eigenvalue weighted by Crippen LogP contribution is 2.32. The van der Waals surface area contributed by atoms with Crippen LogP contribution >= 0.6 is 0 Å². The highest BCUT2D eigenvalue weighted by molar-refractivity contribution is 5.89. The van der Waals surface area contributed by atoms with E-state index < -0.39 is 11.8 Å². The molecule has 0 saturated heterocycles. The number of anilines is 1. The van der Waals surface area contributed by atoms with Gasteiger partial charge in [0.2, 0.25) is 0 Å². The Morgan fingerprint density at radius 3 is 2.80 bits per heavy atom. The van der Waals surface area contributed by atoms with Crippen LogP contribution in [0.5, 0.6) is 0 Å². The van der Waals surface area contributed by atoms with Gasteiger partial charge in [-0.15, -0.1) is 0 Å². The molecule has 1 heterocycles. The number of hydrogen-bond donors (Lipinski definition) is 2. The Balaban J connectivity index is 1.50. The number of benzene rings is 1. The lowest BCUT2D eigenvalue weighted by Crippen LogP contribution is -2.33. The third kappa shape index (κ3) is 4.65. The third-order valence-electron chi connectivity index (χ3n) is 4.39. The maximum absolute atomic E-state index is 13.1. The Hall–Kier alpha value is -2.70. The first kappa shape index (κ1) is 17.1. The summed E-state index contributed by atoms with van der Waals surface area (Å²) in [6.45, 7) is 0.596. The molecule has 3 rings (SSSR count). The zero-order valence-electron chi connectivity index (χ0n) is 13.9. The summed E-state index contributed by atoms with van der Waals surface area (Å²) in [7, 11) is 0. The van der Waals surface area contributed by atoms with Gasteiger partial charge >= 0.3 is 6.03 Å². The summed E-state index contributed by atoms with van der Waals surface area (Å²) in [6.07, 6.45) is 6.12. The molecule has 7 heteroatoms. The largest absolute Gasteiger partial charge is 0.336 e. The molecule has 2 amide bonds. The zero-order chi connectivity index (χ0) is 17.6. The van der Waals surface area contributed by atoms with Crippen molar-refractivity contribution in [3.8, 4) is 0 Å². The lowest BCUT2D eigenvalue weighted by molar-refractivity contribution is 0.251. The molecule has 6 nitrogen and oxygen atoms in total. The Morgan fingerprint density at radius 2 is 2.08 bits per heavy atom. The van der Waals surface area contributed by atoms with E-state index in [4.69, 9.17) is 0 Å². The summed E-state index contributed by atoms with van der Waals surface area (Å²) in [5.41, 5.74) is 1.14. The predicted molar refractivity (Wildman–Crippen MR) is 93.1 cm³/mol. The summed E-state index contributed by atoms with van der Waals surface area (Å²) in [5, 5.41) is 5.17. The van der Waals surface area contributed by atoms with Crippen LogP contribution in [0.25, 0.3) is 0 Å². The van der Waals surface area contributed by atoms with E-state index in [9.17, 15) is 14.0 Å². The molecule has 2 aromatic rings. The molecule has 0 bridgehead atoms. The van der Waals surface area contributed by atoms with E-state index in [1.807, 2.05) is 0 Å². The highest BCUT2D eigenvalue weighted by Gasteiger charge is 2.18. The molecule has 1 fully saturated rings. The normalized spacial score (nSPS) is 14.4. The molecular formula is C18H21FN4O2. The van der Waals surface area contributed by atoms with Crippen LogP contribution in [0.3, 0.4) is 0 Å². The summed E-state index contributed by atoms with van der Waals surface area (Å²) in [6, 6.07) is 6.80. The van der Waals surface area contributed by atoms with E-state index in [-0.39, 0.29) is 12.1 Å². The minimum absolute atomic E-state index is 0.107. The van der Waals surface area contributed by atoms with Crippen LogP contribution < -0.4 is 16.2 Å². The monoisotopic (exact) mass is 344 g/mol. The Labute approximate surface area is 145 Å². The number of nitrogens with one attached hydrogen (secondary N) is 2. The van der Waals surface area contributed by atoms with Gasteiger partial charge < -0.3 is 10.6 Å². The average Bonchev–Trinajstić information content (AvgIpc) is 3.11. The number of rotatable bonds is 5. The van der Waals surface area contributed by atoms with Gasteiger partial charge in [0.1, 0.15) is 5.82 Å². The number of amides is 2. The van der Waals surface area contributed by atoms with Gasteiger partial charge in [0.15, 0.2) is 0 Å². The first-order valence-corrected chi connectivity index (χ1v) is 8.48. The van der Waals surface area contributed by atoms with Gasteiger partial charge in [-0.1, -0.05) is 18.9 Å². The van der Waals surface area contributed by atoms with Gasteiger partial charge in [0.05, 0.1) is 12.0 Å². The fourth-order valence-electron chi connectivity index (χ4n) is 3.08. The van der Waals surface area contributed by atoms with Gasteiger partial charge in [-0.25, -0.2) is 14.2 Å². The quantitative estimate of drug-likeness (QED) is 0.876. The number of carbonyl (C=O) groups is 1. The van der Waals surface area contributed by atoms with E-state index in [0.717, 1.165) is 18.5 Å². The molecule has 0 spiro atoms. The summed E-state index contributed by atoms with van der Waals surface area (Å²) < 4.78 is 14.5. The second-order valence-electron chi connectivity index (χ2n) is 6.22. The number of hydrogen-bond acceptors (Lipinski definition) is 3. The van der Waals surface area contributed by atoms with Crippen molar-refractivity contribution in [2.45, 2.75) is 38.1 Å². The molecule has 2 N–H and O–H groups in total. The first-order valence-electron chi connectivity index (χ1n) is 8.48. The van der Waals surface area contributed by atoms with Gasteiger partial charge in [-0.3, -0.25) is 9.36 Å². The van der Waals surface area contributed by atoms with Crippen LogP contribution in [-0.2, 0) is 6.54 Å². The van der Waals surface area contributed by atoms with E-state index in [2.05, 4.69) is 15.6 Å². The summed E-state index contributed by atoms with van der Waals surface area (Å²) in [4.78, 5) is 28.3. The van der Waals surface area contributed by atoms with Crippen LogP contribution in [0.4, 0.5) is 14.9 Å². The number of nitrogens with zero attached hydrogens (tertiary/aromatic N) is 2. The molecule has 132 valence electrons. The zero-order valence-corrected chi connectivity index (χ0v) is 13.9. The maximum Gasteiger partial charge on any atom is 0.319 e. The standard InChI is InChI=1S/C18H21FN4O2/c19-14-6-3-7-15(10-14)22-18(25)20-8-9-23-12-21-16(11-17(23)24)13-4-1-2-5-13/h3,6-7,10-13H,1-2,4-5,8-9H2,(H2,20,22,25). The topological polar surface area (TPSA) is 76.0 Å². The highest BCUT2D eigenvalue weighted by atomic mass is 19.1. The minimum Gasteiger partial charge on any atom is -0.336 e. The maximum atomic E-state index is 13.1. The smallest absolute Gasteiger partial charge is 0.319 e. The van der Waals surface area contributed by atoms with Crippen LogP contribution in [0.1, 0.15) is 37.3 Å². The van der Waals surface area contributed by atoms with Crippen LogP contribution in [0.15, 0.2) is 41.5 Å². The molecule has 1 aliphatic rings. The number of halogens is 1. The molecule has 0 unspecified atom stereocenters. The summed E-state index contributed by atoms with van der Waals surface area (Å²) >= 11 is 0. The van der Waals surface area contributed by atoms with Gasteiger partial charge in [0, 0.05) is 30.8 Å². The molecular weight excluding hydrogens is 323 g/mol. The van der Waals surface area contributed by atoms with Crippen molar-refractivity contribution in [1.82, 2.24) is 14.9 Å². The lowest BCUT2D eigenvalue weighted by atomic mass is 10.0. The van der Waals surface area contributed by atoms with E-state index in [1.54, 1.807) is 18.5 Å². The molecule has 1 aromatic heterocycles. The summed E-state index contributed by atoms with van der Waals surface area (Å²) in [5.74, 6) is -0.0182. The molecule has 1 saturated carbocycles. The van der Waals surface area contributed by atoms with Crippen molar-refractivity contribution in [2.75, 3.05) is 11.9 Å². The van der Waals surface area contributed by atoms with E-state index in [1.165, 1.54) is 35.6 Å². The Bertz CT molecular complexity index is 800. The number of urea groups is 1. The Kier molecular flexibility index (Phi) is 5.42. The van der Waals surface area contributed by atoms with Crippen molar-refractivity contribution in [3.63, 3.8) is 0 Å². The van der Waals surface area contributed by atoms with E-state index in [0.29, 0.717) is 18.2 Å². The second kappa shape index (κ2) is 7.92. The molecule has 0 radical (unpaired) electrons. The van der Waals surface area contributed by atoms with Crippen molar-refractivity contribution in [1.29, 1.82) is 0 Å². The van der Waals surface area contributed by atoms with Crippen molar-refractivity contribution in [2.24, 2.45) is 0 Å². The molecule has 0 aliphatic heterocycles. The minimum atomic E-state index is -0.450. The molecule has 1 aliphatic carbocycles. The molecule has 25 heavy (non-hydrogen) atoms. The fourth-order valence-corrected chi connectivity index (χ4v) is 3.08. The number of carbonyl (C=O) groups excluding carboxylic acids is 1. The van der Waals surface area contributed by atoms with Crippen LogP contribution in [0.2, 0.25) is 0 Å². The van der Waals surface area contributed by atoms with Gasteiger partial charge in [-0.2, -0.15) is 0 Å². The van der Waals surface area contributed by atoms with Crippen molar-refractivity contribution in [3.05, 3.63) is 58.5 Å². The van der Waals surface area contributed by atoms with Crippen LogP contribution in [-0.4, -0.2) is 22.1 Å². The lowest BCUT2D eigenvalue weighted by Gasteiger charge is -2.11. The first-order chi connectivity index (χ1) is 12.1. The molecule has 0 atom stereocenters. The van der Waals surface area contributed by atoms with Crippen molar-refractivity contribution >= 4 is 11.7 Å². The van der Waals surface area contributed by atoms with E-state index >= 15 is 0 Å². The fraction of sp³-hybridized carbons (Fsp3) is 0.389. The Morgan fingerprint density at radius 1 is 1.28 bits per heavy atom. The third-order valence-corrected chi connectivity index (χ3v) is 4.39. The van der Waals surface area contributed by atoms with Gasteiger partial charge in [0.25, 0.3) is 5.56 Å². The van der Waals surface area contributed by atoms with Crippen LogP contribution in [0, 0.1) is 5.82 Å².